The highest BCUT2D eigenvalue weighted by Gasteiger charge is 2.27. The van der Waals surface area contributed by atoms with Gasteiger partial charge in [-0.05, 0) is 47.6 Å². The zero-order chi connectivity index (χ0) is 17.7. The lowest BCUT2D eigenvalue weighted by Crippen LogP contribution is -2.15. The molecule has 0 unspecified atom stereocenters. The number of carbonyl (C=O) groups excluding carboxylic acids is 1. The molecule has 0 spiro atoms. The van der Waals surface area contributed by atoms with Crippen LogP contribution in [0.3, 0.4) is 0 Å². The fourth-order valence-electron chi connectivity index (χ4n) is 1.82. The summed E-state index contributed by atoms with van der Waals surface area (Å²) in [6.07, 6.45) is -0.847. The summed E-state index contributed by atoms with van der Waals surface area (Å²) in [6, 6.07) is 2.56. The van der Waals surface area contributed by atoms with Crippen LogP contribution < -0.4 is 9.47 Å². The maximum Gasteiger partial charge on any atom is 0.338 e. The highest BCUT2D eigenvalue weighted by molar-refractivity contribution is 5.91. The van der Waals surface area contributed by atoms with Crippen LogP contribution in [0, 0.1) is 10.1 Å². The Labute approximate surface area is 135 Å². The summed E-state index contributed by atoms with van der Waals surface area (Å²) in [5.74, 6) is -0.480. The second kappa shape index (κ2) is 7.80. The summed E-state index contributed by atoms with van der Waals surface area (Å²) in [7, 11) is 0. The van der Waals surface area contributed by atoms with Crippen molar-refractivity contribution < 1.29 is 23.9 Å². The van der Waals surface area contributed by atoms with E-state index in [1.165, 1.54) is 6.07 Å². The molecule has 23 heavy (non-hydrogen) atoms. The number of nitro groups is 1. The smallest absolute Gasteiger partial charge is 0.338 e. The third-order valence-corrected chi connectivity index (χ3v) is 2.53. The Bertz CT molecular complexity index is 580. The summed E-state index contributed by atoms with van der Waals surface area (Å²) in [4.78, 5) is 22.8. The minimum absolute atomic E-state index is 0.0137. The van der Waals surface area contributed by atoms with Crippen molar-refractivity contribution in [2.75, 3.05) is 0 Å². The Morgan fingerprint density at radius 2 is 1.57 bits per heavy atom. The number of nitrogens with zero attached hydrogens (tertiary/aromatic N) is 1. The molecule has 7 nitrogen and oxygen atoms in total. The molecule has 0 aliphatic rings. The van der Waals surface area contributed by atoms with Gasteiger partial charge < -0.3 is 14.2 Å². The van der Waals surface area contributed by atoms with Gasteiger partial charge in [-0.3, -0.25) is 10.1 Å². The van der Waals surface area contributed by atoms with Gasteiger partial charge in [0, 0.05) is 6.07 Å². The van der Waals surface area contributed by atoms with Crippen molar-refractivity contribution in [3.63, 3.8) is 0 Å². The van der Waals surface area contributed by atoms with E-state index in [0.717, 1.165) is 6.07 Å². The predicted molar refractivity (Wildman–Crippen MR) is 85.2 cm³/mol. The number of carbonyl (C=O) groups is 1. The van der Waals surface area contributed by atoms with Gasteiger partial charge in [0.2, 0.25) is 5.75 Å². The summed E-state index contributed by atoms with van der Waals surface area (Å²) >= 11 is 0. The molecule has 0 atom stereocenters. The topological polar surface area (TPSA) is 87.9 Å². The normalized spacial score (nSPS) is 11.0. The first kappa shape index (κ1) is 18.7. The first-order chi connectivity index (χ1) is 10.6. The monoisotopic (exact) mass is 325 g/mol. The summed E-state index contributed by atoms with van der Waals surface area (Å²) in [5, 5.41) is 11.4. The Morgan fingerprint density at radius 3 is 2.00 bits per heavy atom. The third kappa shape index (κ3) is 5.43. The highest BCUT2D eigenvalue weighted by atomic mass is 16.6. The summed E-state index contributed by atoms with van der Waals surface area (Å²) in [6.45, 7) is 10.5. The molecule has 128 valence electrons. The molecule has 0 aliphatic heterocycles. The number of hydrogen-bond acceptors (Lipinski definition) is 6. The van der Waals surface area contributed by atoms with Gasteiger partial charge in [0.1, 0.15) is 0 Å². The molecule has 1 aromatic rings. The molecule has 1 aromatic carbocycles. The quantitative estimate of drug-likeness (QED) is 0.431. The average Bonchev–Trinajstić information content (AvgIpc) is 2.37. The van der Waals surface area contributed by atoms with Crippen molar-refractivity contribution >= 4 is 11.7 Å². The minimum atomic E-state index is -0.646. The number of rotatable bonds is 7. The standard InChI is InChI=1S/C16H23NO6/c1-9(2)21-14-8-12(16(18)23-11(5)6)7-13(17(19)20)15(14)22-10(3)4/h7-11H,1-6H3. The van der Waals surface area contributed by atoms with Gasteiger partial charge in [-0.1, -0.05) is 0 Å². The van der Waals surface area contributed by atoms with Crippen molar-refractivity contribution in [1.29, 1.82) is 0 Å². The number of hydrogen-bond donors (Lipinski definition) is 0. The number of benzene rings is 1. The molecule has 0 N–H and O–H groups in total. The largest absolute Gasteiger partial charge is 0.487 e. The molecule has 1 rings (SSSR count). The van der Waals surface area contributed by atoms with E-state index in [2.05, 4.69) is 0 Å². The first-order valence-electron chi connectivity index (χ1n) is 7.48. The molecular weight excluding hydrogens is 302 g/mol. The fraction of sp³-hybridized carbons (Fsp3) is 0.562. The summed E-state index contributed by atoms with van der Waals surface area (Å²) in [5.41, 5.74) is -0.273. The molecule has 7 heteroatoms. The molecule has 0 amide bonds. The molecule has 0 radical (unpaired) electrons. The number of nitro benzene ring substituents is 1. The van der Waals surface area contributed by atoms with Crippen molar-refractivity contribution in [3.8, 4) is 11.5 Å². The van der Waals surface area contributed by atoms with Crippen molar-refractivity contribution in [2.45, 2.75) is 59.9 Å². The molecule has 0 aromatic heterocycles. The van der Waals surface area contributed by atoms with Gasteiger partial charge in [-0.15, -0.1) is 0 Å². The van der Waals surface area contributed by atoms with Crippen LogP contribution in [0.1, 0.15) is 51.9 Å². The van der Waals surface area contributed by atoms with E-state index in [-0.39, 0.29) is 41.1 Å². The van der Waals surface area contributed by atoms with Crippen LogP contribution in [-0.4, -0.2) is 29.2 Å². The first-order valence-corrected chi connectivity index (χ1v) is 7.48. The minimum Gasteiger partial charge on any atom is -0.487 e. The van der Waals surface area contributed by atoms with Crippen LogP contribution >= 0.6 is 0 Å². The van der Waals surface area contributed by atoms with Crippen molar-refractivity contribution in [2.24, 2.45) is 0 Å². The van der Waals surface area contributed by atoms with Crippen LogP contribution in [-0.2, 0) is 4.74 Å². The van der Waals surface area contributed by atoms with Crippen LogP contribution in [0.2, 0.25) is 0 Å². The van der Waals surface area contributed by atoms with Gasteiger partial charge in [0.05, 0.1) is 28.8 Å². The van der Waals surface area contributed by atoms with Gasteiger partial charge in [0.25, 0.3) is 0 Å². The maximum absolute atomic E-state index is 12.1. The van der Waals surface area contributed by atoms with Gasteiger partial charge >= 0.3 is 11.7 Å². The SMILES string of the molecule is CC(C)OC(=O)c1cc(OC(C)C)c(OC(C)C)c([N+](=O)[O-])c1. The zero-order valence-corrected chi connectivity index (χ0v) is 14.3. The van der Waals surface area contributed by atoms with E-state index < -0.39 is 10.9 Å². The third-order valence-electron chi connectivity index (χ3n) is 2.53. The van der Waals surface area contributed by atoms with E-state index in [9.17, 15) is 14.9 Å². The van der Waals surface area contributed by atoms with Gasteiger partial charge in [-0.2, -0.15) is 0 Å². The zero-order valence-electron chi connectivity index (χ0n) is 14.3. The van der Waals surface area contributed by atoms with E-state index in [1.54, 1.807) is 41.5 Å². The van der Waals surface area contributed by atoms with Crippen LogP contribution in [0.4, 0.5) is 5.69 Å². The maximum atomic E-state index is 12.1. The fourth-order valence-corrected chi connectivity index (χ4v) is 1.82. The predicted octanol–water partition coefficient (Wildman–Crippen LogP) is 3.73. The lowest BCUT2D eigenvalue weighted by Gasteiger charge is -2.18. The molecule has 0 saturated carbocycles. The average molecular weight is 325 g/mol. The Hall–Kier alpha value is -2.31. The lowest BCUT2D eigenvalue weighted by atomic mass is 10.1. The van der Waals surface area contributed by atoms with Crippen molar-refractivity contribution in [3.05, 3.63) is 27.8 Å². The molecule has 0 saturated heterocycles. The molecule has 0 aliphatic carbocycles. The highest BCUT2D eigenvalue weighted by Crippen LogP contribution is 2.40. The van der Waals surface area contributed by atoms with E-state index in [4.69, 9.17) is 14.2 Å². The summed E-state index contributed by atoms with van der Waals surface area (Å²) < 4.78 is 16.2. The second-order valence-electron chi connectivity index (χ2n) is 5.87. The van der Waals surface area contributed by atoms with Crippen molar-refractivity contribution in [1.82, 2.24) is 0 Å². The van der Waals surface area contributed by atoms with Crippen LogP contribution in [0.25, 0.3) is 0 Å². The molecule has 0 bridgehead atoms. The molecule has 0 heterocycles. The number of esters is 1. The van der Waals surface area contributed by atoms with Gasteiger partial charge in [0.15, 0.2) is 5.75 Å². The van der Waals surface area contributed by atoms with E-state index >= 15 is 0 Å². The molecule has 0 fully saturated rings. The Kier molecular flexibility index (Phi) is 6.36. The van der Waals surface area contributed by atoms with Crippen LogP contribution in [0.5, 0.6) is 11.5 Å². The van der Waals surface area contributed by atoms with Crippen LogP contribution in [0.15, 0.2) is 12.1 Å². The second-order valence-corrected chi connectivity index (χ2v) is 5.87. The molecular formula is C16H23NO6. The van der Waals surface area contributed by atoms with E-state index in [1.807, 2.05) is 0 Å². The van der Waals surface area contributed by atoms with E-state index in [0.29, 0.717) is 0 Å². The Morgan fingerprint density at radius 1 is 1.00 bits per heavy atom. The number of ether oxygens (including phenoxy) is 3. The Balaban J connectivity index is 3.44. The van der Waals surface area contributed by atoms with Gasteiger partial charge in [-0.25, -0.2) is 4.79 Å². The lowest BCUT2D eigenvalue weighted by molar-refractivity contribution is -0.386.